The molecule has 1 heterocycles. The summed E-state index contributed by atoms with van der Waals surface area (Å²) in [6, 6.07) is 10.1. The SMILES string of the molecule is Cc1cc2c(c(C)c1N)CCC(=O)N2Cc1ccc(Br)cc1. The van der Waals surface area contributed by atoms with E-state index >= 15 is 0 Å². The molecule has 22 heavy (non-hydrogen) atoms. The van der Waals surface area contributed by atoms with Gasteiger partial charge in [0.1, 0.15) is 0 Å². The van der Waals surface area contributed by atoms with Gasteiger partial charge in [-0.2, -0.15) is 0 Å². The van der Waals surface area contributed by atoms with Gasteiger partial charge in [-0.1, -0.05) is 28.1 Å². The van der Waals surface area contributed by atoms with Crippen molar-refractivity contribution < 1.29 is 4.79 Å². The summed E-state index contributed by atoms with van der Waals surface area (Å²) in [5.74, 6) is 0.180. The Morgan fingerprint density at radius 1 is 1.18 bits per heavy atom. The summed E-state index contributed by atoms with van der Waals surface area (Å²) < 4.78 is 1.04. The molecule has 3 rings (SSSR count). The third kappa shape index (κ3) is 2.63. The fraction of sp³-hybridized carbons (Fsp3) is 0.278. The zero-order chi connectivity index (χ0) is 15.9. The van der Waals surface area contributed by atoms with Crippen LogP contribution in [0.1, 0.15) is 28.7 Å². The van der Waals surface area contributed by atoms with Crippen molar-refractivity contribution >= 4 is 33.2 Å². The lowest BCUT2D eigenvalue weighted by atomic mass is 9.92. The zero-order valence-electron chi connectivity index (χ0n) is 12.8. The molecule has 1 aliphatic heterocycles. The average molecular weight is 359 g/mol. The van der Waals surface area contributed by atoms with Crippen LogP contribution in [0.15, 0.2) is 34.8 Å². The molecule has 0 atom stereocenters. The summed E-state index contributed by atoms with van der Waals surface area (Å²) in [6.07, 6.45) is 1.33. The highest BCUT2D eigenvalue weighted by Gasteiger charge is 2.26. The largest absolute Gasteiger partial charge is 0.398 e. The van der Waals surface area contributed by atoms with Gasteiger partial charge in [0.05, 0.1) is 6.54 Å². The Labute approximate surface area is 139 Å². The molecule has 2 N–H and O–H groups in total. The molecule has 0 radical (unpaired) electrons. The Morgan fingerprint density at radius 2 is 1.86 bits per heavy atom. The van der Waals surface area contributed by atoms with Crippen molar-refractivity contribution in [3.63, 3.8) is 0 Å². The second-order valence-corrected chi connectivity index (χ2v) is 6.75. The lowest BCUT2D eigenvalue weighted by Gasteiger charge is -2.31. The van der Waals surface area contributed by atoms with Gasteiger partial charge in [0, 0.05) is 22.3 Å². The highest BCUT2D eigenvalue weighted by atomic mass is 79.9. The molecule has 114 valence electrons. The van der Waals surface area contributed by atoms with Crippen LogP contribution >= 0.6 is 15.9 Å². The smallest absolute Gasteiger partial charge is 0.227 e. The Kier molecular flexibility index (Phi) is 3.96. The van der Waals surface area contributed by atoms with E-state index in [4.69, 9.17) is 5.73 Å². The number of carbonyl (C=O) groups is 1. The maximum atomic E-state index is 12.4. The van der Waals surface area contributed by atoms with Crippen molar-refractivity contribution in [2.24, 2.45) is 0 Å². The molecule has 3 nitrogen and oxygen atoms in total. The number of hydrogen-bond donors (Lipinski definition) is 1. The summed E-state index contributed by atoms with van der Waals surface area (Å²) >= 11 is 3.44. The maximum absolute atomic E-state index is 12.4. The first-order valence-corrected chi connectivity index (χ1v) is 8.20. The van der Waals surface area contributed by atoms with Crippen LogP contribution in [0.25, 0.3) is 0 Å². The number of amides is 1. The molecule has 0 aromatic heterocycles. The van der Waals surface area contributed by atoms with Crippen LogP contribution in [-0.2, 0) is 17.8 Å². The minimum atomic E-state index is 0.180. The van der Waals surface area contributed by atoms with Crippen LogP contribution in [0.2, 0.25) is 0 Å². The van der Waals surface area contributed by atoms with Gasteiger partial charge in [0.25, 0.3) is 0 Å². The Morgan fingerprint density at radius 3 is 2.55 bits per heavy atom. The van der Waals surface area contributed by atoms with Gasteiger partial charge in [-0.3, -0.25) is 4.79 Å². The molecule has 0 aliphatic carbocycles. The van der Waals surface area contributed by atoms with Gasteiger partial charge in [0.15, 0.2) is 0 Å². The fourth-order valence-electron chi connectivity index (χ4n) is 3.02. The molecule has 2 aromatic carbocycles. The number of nitrogens with zero attached hydrogens (tertiary/aromatic N) is 1. The first-order valence-electron chi connectivity index (χ1n) is 7.40. The van der Waals surface area contributed by atoms with E-state index in [0.29, 0.717) is 13.0 Å². The Bertz CT molecular complexity index is 738. The van der Waals surface area contributed by atoms with Gasteiger partial charge >= 0.3 is 0 Å². The number of aryl methyl sites for hydroxylation is 1. The molecule has 2 aromatic rings. The molecule has 4 heteroatoms. The van der Waals surface area contributed by atoms with E-state index in [0.717, 1.165) is 39.0 Å². The number of nitrogens with two attached hydrogens (primary N) is 1. The second kappa shape index (κ2) is 5.76. The van der Waals surface area contributed by atoms with E-state index in [1.54, 1.807) is 0 Å². The summed E-state index contributed by atoms with van der Waals surface area (Å²) in [7, 11) is 0. The number of halogens is 1. The number of fused-ring (bicyclic) bond motifs is 1. The molecule has 0 unspecified atom stereocenters. The van der Waals surface area contributed by atoms with Crippen molar-refractivity contribution in [3.8, 4) is 0 Å². The lowest BCUT2D eigenvalue weighted by molar-refractivity contribution is -0.119. The lowest BCUT2D eigenvalue weighted by Crippen LogP contribution is -2.35. The standard InChI is InChI=1S/C18H19BrN2O/c1-11-9-16-15(12(2)18(11)20)7-8-17(22)21(16)10-13-3-5-14(19)6-4-13/h3-6,9H,7-8,10,20H2,1-2H3. The third-order valence-corrected chi connectivity index (χ3v) is 4.91. The molecule has 1 aliphatic rings. The minimum Gasteiger partial charge on any atom is -0.398 e. The number of hydrogen-bond acceptors (Lipinski definition) is 2. The molecule has 1 amide bonds. The number of rotatable bonds is 2. The van der Waals surface area contributed by atoms with Gasteiger partial charge < -0.3 is 10.6 Å². The normalized spacial score (nSPS) is 14.1. The van der Waals surface area contributed by atoms with Crippen molar-refractivity contribution in [1.29, 1.82) is 0 Å². The monoisotopic (exact) mass is 358 g/mol. The predicted molar refractivity (Wildman–Crippen MR) is 94.0 cm³/mol. The number of carbonyl (C=O) groups excluding carboxylic acids is 1. The van der Waals surface area contributed by atoms with Gasteiger partial charge in [0.2, 0.25) is 5.91 Å². The second-order valence-electron chi connectivity index (χ2n) is 5.84. The number of nitrogen functional groups attached to an aromatic ring is 1. The van der Waals surface area contributed by atoms with Crippen LogP contribution < -0.4 is 10.6 Å². The summed E-state index contributed by atoms with van der Waals surface area (Å²) in [5.41, 5.74) is 12.5. The summed E-state index contributed by atoms with van der Waals surface area (Å²) in [5, 5.41) is 0. The molecule has 0 saturated carbocycles. The van der Waals surface area contributed by atoms with E-state index in [2.05, 4.69) is 22.9 Å². The van der Waals surface area contributed by atoms with E-state index in [1.807, 2.05) is 42.2 Å². The van der Waals surface area contributed by atoms with Crippen LogP contribution in [-0.4, -0.2) is 5.91 Å². The van der Waals surface area contributed by atoms with E-state index in [1.165, 1.54) is 5.56 Å². The first kappa shape index (κ1) is 15.1. The maximum Gasteiger partial charge on any atom is 0.227 e. The Hall–Kier alpha value is -1.81. The molecule has 0 bridgehead atoms. The van der Waals surface area contributed by atoms with Gasteiger partial charge in [-0.25, -0.2) is 0 Å². The Balaban J connectivity index is 2.02. The molecular weight excluding hydrogens is 340 g/mol. The molecular formula is C18H19BrN2O. The highest BCUT2D eigenvalue weighted by Crippen LogP contribution is 2.36. The molecule has 0 fully saturated rings. The summed E-state index contributed by atoms with van der Waals surface area (Å²) in [4.78, 5) is 14.3. The van der Waals surface area contributed by atoms with E-state index in [-0.39, 0.29) is 5.91 Å². The topological polar surface area (TPSA) is 46.3 Å². The average Bonchev–Trinajstić information content (AvgIpc) is 2.50. The van der Waals surface area contributed by atoms with Crippen molar-refractivity contribution in [3.05, 3.63) is 57.1 Å². The quantitative estimate of drug-likeness (QED) is 0.820. The molecule has 0 spiro atoms. The van der Waals surface area contributed by atoms with Crippen LogP contribution in [0.5, 0.6) is 0 Å². The van der Waals surface area contributed by atoms with E-state index < -0.39 is 0 Å². The minimum absolute atomic E-state index is 0.180. The van der Waals surface area contributed by atoms with Crippen LogP contribution in [0, 0.1) is 13.8 Å². The highest BCUT2D eigenvalue weighted by molar-refractivity contribution is 9.10. The van der Waals surface area contributed by atoms with E-state index in [9.17, 15) is 4.79 Å². The van der Waals surface area contributed by atoms with Gasteiger partial charge in [-0.05, 0) is 60.7 Å². The third-order valence-electron chi connectivity index (χ3n) is 4.38. The van der Waals surface area contributed by atoms with Crippen molar-refractivity contribution in [2.75, 3.05) is 10.6 Å². The number of anilines is 2. The van der Waals surface area contributed by atoms with Crippen LogP contribution in [0.3, 0.4) is 0 Å². The fourth-order valence-corrected chi connectivity index (χ4v) is 3.29. The van der Waals surface area contributed by atoms with Gasteiger partial charge in [-0.15, -0.1) is 0 Å². The van der Waals surface area contributed by atoms with Crippen LogP contribution in [0.4, 0.5) is 11.4 Å². The van der Waals surface area contributed by atoms with Crippen molar-refractivity contribution in [2.45, 2.75) is 33.2 Å². The number of benzene rings is 2. The summed E-state index contributed by atoms with van der Waals surface area (Å²) in [6.45, 7) is 4.65. The molecule has 0 saturated heterocycles. The predicted octanol–water partition coefficient (Wildman–Crippen LogP) is 4.13. The first-order chi connectivity index (χ1) is 10.5. The zero-order valence-corrected chi connectivity index (χ0v) is 14.4. The van der Waals surface area contributed by atoms with Crippen molar-refractivity contribution in [1.82, 2.24) is 0 Å².